The van der Waals surface area contributed by atoms with E-state index in [0.717, 1.165) is 0 Å². The van der Waals surface area contributed by atoms with Crippen LogP contribution in [0.25, 0.3) is 0 Å². The molecule has 0 aromatic heterocycles. The molecule has 1 atom stereocenters. The number of nitrogens with zero attached hydrogens (tertiary/aromatic N) is 1. The van der Waals surface area contributed by atoms with Crippen LogP contribution >= 0.6 is 0 Å². The van der Waals surface area contributed by atoms with Gasteiger partial charge in [-0.05, 0) is 19.8 Å². The van der Waals surface area contributed by atoms with Crippen molar-refractivity contribution in [3.05, 3.63) is 0 Å². The molecule has 0 radical (unpaired) electrons. The molecule has 1 aliphatic heterocycles. The fourth-order valence-electron chi connectivity index (χ4n) is 1.94. The molecule has 4 N–H and O–H groups in total. The number of nitrogens with one attached hydrogen (secondary N) is 2. The molecule has 1 unspecified atom stereocenters. The summed E-state index contributed by atoms with van der Waals surface area (Å²) in [6.07, 6.45) is 0. The Morgan fingerprint density at radius 3 is 2.33 bits per heavy atom. The molecular formula is C12H24N4O2. The SMILES string of the molecule is CCNC(=O)NC(=O)C(C)N1CC(N)(C(C)C)C1. The van der Waals surface area contributed by atoms with Gasteiger partial charge in [0.25, 0.3) is 0 Å². The van der Waals surface area contributed by atoms with Gasteiger partial charge >= 0.3 is 6.03 Å². The van der Waals surface area contributed by atoms with Gasteiger partial charge in [-0.2, -0.15) is 0 Å². The number of hydrogen-bond acceptors (Lipinski definition) is 4. The van der Waals surface area contributed by atoms with Crippen LogP contribution in [-0.4, -0.2) is 48.1 Å². The first-order chi connectivity index (χ1) is 8.30. The van der Waals surface area contributed by atoms with Gasteiger partial charge in [0.1, 0.15) is 0 Å². The van der Waals surface area contributed by atoms with Crippen LogP contribution < -0.4 is 16.4 Å². The molecule has 0 spiro atoms. The summed E-state index contributed by atoms with van der Waals surface area (Å²) in [5.41, 5.74) is 5.96. The van der Waals surface area contributed by atoms with Crippen LogP contribution in [-0.2, 0) is 4.79 Å². The van der Waals surface area contributed by atoms with E-state index in [1.807, 2.05) is 4.90 Å². The molecule has 18 heavy (non-hydrogen) atoms. The van der Waals surface area contributed by atoms with Crippen molar-refractivity contribution in [2.24, 2.45) is 11.7 Å². The third-order valence-corrected chi connectivity index (χ3v) is 3.65. The molecule has 0 bridgehead atoms. The molecule has 3 amide bonds. The Labute approximate surface area is 108 Å². The van der Waals surface area contributed by atoms with Gasteiger partial charge in [0.2, 0.25) is 5.91 Å². The number of hydrogen-bond donors (Lipinski definition) is 3. The fourth-order valence-corrected chi connectivity index (χ4v) is 1.94. The maximum atomic E-state index is 11.8. The normalized spacial score (nSPS) is 20.1. The van der Waals surface area contributed by atoms with Crippen LogP contribution in [0.5, 0.6) is 0 Å². The maximum Gasteiger partial charge on any atom is 0.321 e. The number of likely N-dealkylation sites (tertiary alicyclic amines) is 1. The van der Waals surface area contributed by atoms with Gasteiger partial charge in [-0.25, -0.2) is 4.79 Å². The van der Waals surface area contributed by atoms with Crippen molar-refractivity contribution in [2.45, 2.75) is 39.3 Å². The molecule has 0 aromatic rings. The van der Waals surface area contributed by atoms with E-state index in [9.17, 15) is 9.59 Å². The summed E-state index contributed by atoms with van der Waals surface area (Å²) in [7, 11) is 0. The number of rotatable bonds is 4. The average molecular weight is 256 g/mol. The number of carbonyl (C=O) groups excluding carboxylic acids is 2. The zero-order valence-electron chi connectivity index (χ0n) is 11.6. The highest BCUT2D eigenvalue weighted by Crippen LogP contribution is 2.27. The van der Waals surface area contributed by atoms with Gasteiger partial charge in [0.05, 0.1) is 6.04 Å². The monoisotopic (exact) mass is 256 g/mol. The molecule has 0 saturated carbocycles. The smallest absolute Gasteiger partial charge is 0.321 e. The minimum Gasteiger partial charge on any atom is -0.338 e. The standard InChI is InChI=1S/C12H24N4O2/c1-5-14-11(18)15-10(17)9(4)16-6-12(13,7-16)8(2)3/h8-9H,5-7,13H2,1-4H3,(H2,14,15,17,18). The van der Waals surface area contributed by atoms with Crippen LogP contribution in [0.2, 0.25) is 0 Å². The number of nitrogens with two attached hydrogens (primary N) is 1. The van der Waals surface area contributed by atoms with E-state index in [1.165, 1.54) is 0 Å². The lowest BCUT2D eigenvalue weighted by Gasteiger charge is -2.52. The van der Waals surface area contributed by atoms with Crippen LogP contribution in [0.1, 0.15) is 27.7 Å². The number of imide groups is 1. The van der Waals surface area contributed by atoms with Crippen molar-refractivity contribution < 1.29 is 9.59 Å². The summed E-state index contributed by atoms with van der Waals surface area (Å²) >= 11 is 0. The topological polar surface area (TPSA) is 87.5 Å². The molecule has 1 fully saturated rings. The minimum absolute atomic E-state index is 0.208. The first kappa shape index (κ1) is 14.9. The summed E-state index contributed by atoms with van der Waals surface area (Å²) in [6, 6.07) is -0.777. The van der Waals surface area contributed by atoms with Crippen molar-refractivity contribution in [1.82, 2.24) is 15.5 Å². The van der Waals surface area contributed by atoms with E-state index >= 15 is 0 Å². The Kier molecular flexibility index (Phi) is 4.70. The van der Waals surface area contributed by atoms with E-state index in [1.54, 1.807) is 13.8 Å². The second kappa shape index (κ2) is 5.67. The van der Waals surface area contributed by atoms with Crippen molar-refractivity contribution in [3.63, 3.8) is 0 Å². The molecule has 0 aromatic carbocycles. The van der Waals surface area contributed by atoms with Crippen molar-refractivity contribution in [2.75, 3.05) is 19.6 Å². The number of carbonyl (C=O) groups is 2. The van der Waals surface area contributed by atoms with Crippen molar-refractivity contribution >= 4 is 11.9 Å². The Bertz CT molecular complexity index is 324. The molecule has 1 aliphatic rings. The van der Waals surface area contributed by atoms with Gasteiger partial charge in [-0.1, -0.05) is 13.8 Å². The zero-order valence-corrected chi connectivity index (χ0v) is 11.6. The molecule has 104 valence electrons. The Morgan fingerprint density at radius 2 is 1.89 bits per heavy atom. The lowest BCUT2D eigenvalue weighted by Crippen LogP contribution is -2.73. The molecule has 1 saturated heterocycles. The lowest BCUT2D eigenvalue weighted by atomic mass is 9.79. The highest BCUT2D eigenvalue weighted by Gasteiger charge is 2.45. The maximum absolute atomic E-state index is 11.8. The summed E-state index contributed by atoms with van der Waals surface area (Å²) in [5.74, 6) is 0.0964. The third-order valence-electron chi connectivity index (χ3n) is 3.65. The van der Waals surface area contributed by atoms with Gasteiger partial charge in [-0.15, -0.1) is 0 Å². The largest absolute Gasteiger partial charge is 0.338 e. The highest BCUT2D eigenvalue weighted by molar-refractivity contribution is 5.96. The van der Waals surface area contributed by atoms with Gasteiger partial charge in [0.15, 0.2) is 0 Å². The second-order valence-electron chi connectivity index (χ2n) is 5.32. The van der Waals surface area contributed by atoms with Crippen molar-refractivity contribution in [1.29, 1.82) is 0 Å². The van der Waals surface area contributed by atoms with Crippen LogP contribution in [0, 0.1) is 5.92 Å². The lowest BCUT2D eigenvalue weighted by molar-refractivity contribution is -0.128. The number of urea groups is 1. The summed E-state index contributed by atoms with van der Waals surface area (Å²) in [4.78, 5) is 25.0. The van der Waals surface area contributed by atoms with E-state index < -0.39 is 6.03 Å². The predicted molar refractivity (Wildman–Crippen MR) is 70.0 cm³/mol. The zero-order chi connectivity index (χ0) is 13.9. The first-order valence-electron chi connectivity index (χ1n) is 6.41. The first-order valence-corrected chi connectivity index (χ1v) is 6.41. The molecule has 1 rings (SSSR count). The van der Waals surface area contributed by atoms with Crippen LogP contribution in [0.3, 0.4) is 0 Å². The van der Waals surface area contributed by atoms with E-state index in [4.69, 9.17) is 5.73 Å². The summed E-state index contributed by atoms with van der Waals surface area (Å²) in [6.45, 7) is 9.62. The predicted octanol–water partition coefficient (Wildman–Crippen LogP) is -0.110. The van der Waals surface area contributed by atoms with Gasteiger partial charge in [0, 0.05) is 25.2 Å². The minimum atomic E-state index is -0.447. The molecular weight excluding hydrogens is 232 g/mol. The van der Waals surface area contributed by atoms with Gasteiger partial charge in [-0.3, -0.25) is 15.0 Å². The van der Waals surface area contributed by atoms with E-state index in [2.05, 4.69) is 24.5 Å². The molecule has 6 heteroatoms. The van der Waals surface area contributed by atoms with Crippen molar-refractivity contribution in [3.8, 4) is 0 Å². The van der Waals surface area contributed by atoms with E-state index in [-0.39, 0.29) is 17.5 Å². The highest BCUT2D eigenvalue weighted by atomic mass is 16.2. The second-order valence-corrected chi connectivity index (χ2v) is 5.32. The summed E-state index contributed by atoms with van der Waals surface area (Å²) in [5, 5.41) is 4.84. The van der Waals surface area contributed by atoms with E-state index in [0.29, 0.717) is 25.6 Å². The number of amides is 3. The molecule has 0 aliphatic carbocycles. The Morgan fingerprint density at radius 1 is 1.33 bits per heavy atom. The Hall–Kier alpha value is -1.14. The van der Waals surface area contributed by atoms with Crippen LogP contribution in [0.4, 0.5) is 4.79 Å². The quantitative estimate of drug-likeness (QED) is 0.655. The molecule has 6 nitrogen and oxygen atoms in total. The fraction of sp³-hybridized carbons (Fsp3) is 0.833. The van der Waals surface area contributed by atoms with Crippen LogP contribution in [0.15, 0.2) is 0 Å². The Balaban J connectivity index is 2.41. The molecule has 1 heterocycles. The van der Waals surface area contributed by atoms with Gasteiger partial charge < -0.3 is 11.1 Å². The third kappa shape index (κ3) is 3.20. The average Bonchev–Trinajstić information content (AvgIpc) is 2.23. The summed E-state index contributed by atoms with van der Waals surface area (Å²) < 4.78 is 0.